The third kappa shape index (κ3) is 2.79. The van der Waals surface area contributed by atoms with E-state index in [1.54, 1.807) is 6.20 Å². The Balaban J connectivity index is 1.54. The quantitative estimate of drug-likeness (QED) is 0.680. The normalized spacial score (nSPS) is 46.8. The van der Waals surface area contributed by atoms with Crippen LogP contribution in [0, 0.1) is 34.5 Å². The molecule has 1 unspecified atom stereocenters. The van der Waals surface area contributed by atoms with Gasteiger partial charge in [-0.3, -0.25) is 4.98 Å². The zero-order chi connectivity index (χ0) is 20.4. The smallest absolute Gasteiger partial charge is 0.0577 e. The summed E-state index contributed by atoms with van der Waals surface area (Å²) >= 11 is 6.85. The van der Waals surface area contributed by atoms with Gasteiger partial charge >= 0.3 is 0 Å². The van der Waals surface area contributed by atoms with Crippen molar-refractivity contribution in [3.63, 3.8) is 0 Å². The molecule has 0 bridgehead atoms. The molecule has 1 aromatic rings. The second kappa shape index (κ2) is 7.05. The number of aliphatic hydroxyl groups is 3. The van der Waals surface area contributed by atoms with Crippen molar-refractivity contribution in [2.45, 2.75) is 64.1 Å². The summed E-state index contributed by atoms with van der Waals surface area (Å²) in [5.41, 5.74) is 1.83. The Labute approximate surface area is 178 Å². The number of rotatable bonds is 2. The standard InChI is InChI=1S/C24H32ClNO3/c1-23-6-4-16(28)9-15(23)10-20(29)21-17(23)5-7-24(13-27)18(21)11-19(25)22(24)14-3-2-8-26-12-14/h2-3,8,12,15-18,20-21,27-29H,4-7,9-11,13H2,1H3/t15?,16-,17-,18-,20-,21+,23-,24+/m0/s1. The molecule has 1 aromatic heterocycles. The first-order valence-electron chi connectivity index (χ1n) is 11.2. The zero-order valence-corrected chi connectivity index (χ0v) is 17.9. The van der Waals surface area contributed by atoms with E-state index in [1.807, 2.05) is 18.3 Å². The third-order valence-electron chi connectivity index (χ3n) is 9.26. The topological polar surface area (TPSA) is 73.6 Å². The van der Waals surface area contributed by atoms with Gasteiger partial charge in [0.1, 0.15) is 0 Å². The highest BCUT2D eigenvalue weighted by molar-refractivity contribution is 6.33. The lowest BCUT2D eigenvalue weighted by Crippen LogP contribution is -2.59. The summed E-state index contributed by atoms with van der Waals surface area (Å²) in [7, 11) is 0. The lowest BCUT2D eigenvalue weighted by atomic mass is 9.43. The van der Waals surface area contributed by atoms with Gasteiger partial charge in [-0.2, -0.15) is 0 Å². The van der Waals surface area contributed by atoms with Crippen molar-refractivity contribution < 1.29 is 15.3 Å². The lowest BCUT2D eigenvalue weighted by Gasteiger charge is -2.62. The van der Waals surface area contributed by atoms with E-state index in [0.717, 1.165) is 61.1 Å². The molecule has 0 saturated heterocycles. The Hall–Kier alpha value is -0.940. The van der Waals surface area contributed by atoms with E-state index in [-0.39, 0.29) is 35.4 Å². The fourth-order valence-electron chi connectivity index (χ4n) is 7.88. The fraction of sp³-hybridized carbons (Fsp3) is 0.708. The van der Waals surface area contributed by atoms with E-state index in [1.165, 1.54) is 0 Å². The molecule has 8 atom stereocenters. The number of allylic oxidation sites excluding steroid dienone is 1. The molecule has 29 heavy (non-hydrogen) atoms. The van der Waals surface area contributed by atoms with E-state index in [0.29, 0.717) is 11.8 Å². The Morgan fingerprint density at radius 2 is 2.00 bits per heavy atom. The molecule has 0 radical (unpaired) electrons. The molecule has 4 nitrogen and oxygen atoms in total. The SMILES string of the molecule is C[C@]12CC[C@H](O)CC1C[C@H](O)[C@H]1[C@@H]3CC(Cl)=C(c4cccnc4)[C@@]3(CO)CC[C@@H]12. The summed E-state index contributed by atoms with van der Waals surface area (Å²) in [6, 6.07) is 3.96. The van der Waals surface area contributed by atoms with Gasteiger partial charge in [0.2, 0.25) is 0 Å². The number of hydrogen-bond acceptors (Lipinski definition) is 4. The van der Waals surface area contributed by atoms with Crippen LogP contribution in [0.25, 0.3) is 5.57 Å². The van der Waals surface area contributed by atoms with Crippen molar-refractivity contribution in [1.29, 1.82) is 0 Å². The molecule has 4 aliphatic carbocycles. The number of aromatic nitrogens is 1. The van der Waals surface area contributed by atoms with Gasteiger partial charge in [0.05, 0.1) is 18.8 Å². The van der Waals surface area contributed by atoms with Crippen LogP contribution < -0.4 is 0 Å². The van der Waals surface area contributed by atoms with Gasteiger partial charge in [-0.05, 0) is 91.2 Å². The van der Waals surface area contributed by atoms with Crippen LogP contribution in [0.3, 0.4) is 0 Å². The minimum absolute atomic E-state index is 0.0624. The Kier molecular flexibility index (Phi) is 4.86. The average molecular weight is 418 g/mol. The summed E-state index contributed by atoms with van der Waals surface area (Å²) < 4.78 is 0. The van der Waals surface area contributed by atoms with Crippen molar-refractivity contribution in [2.75, 3.05) is 6.61 Å². The van der Waals surface area contributed by atoms with Gasteiger partial charge in [-0.1, -0.05) is 24.6 Å². The van der Waals surface area contributed by atoms with Crippen LogP contribution in [0.1, 0.15) is 57.4 Å². The summed E-state index contributed by atoms with van der Waals surface area (Å²) in [4.78, 5) is 4.29. The van der Waals surface area contributed by atoms with Crippen LogP contribution in [0.15, 0.2) is 29.6 Å². The monoisotopic (exact) mass is 417 g/mol. The van der Waals surface area contributed by atoms with Gasteiger partial charge in [0.15, 0.2) is 0 Å². The molecule has 0 aliphatic heterocycles. The first-order chi connectivity index (χ1) is 13.9. The summed E-state index contributed by atoms with van der Waals surface area (Å²) in [6.07, 6.45) is 9.08. The second-order valence-corrected chi connectivity index (χ2v) is 10.8. The van der Waals surface area contributed by atoms with Gasteiger partial charge < -0.3 is 15.3 Å². The van der Waals surface area contributed by atoms with Crippen molar-refractivity contribution in [3.8, 4) is 0 Å². The second-order valence-electron chi connectivity index (χ2n) is 10.3. The van der Waals surface area contributed by atoms with Crippen LogP contribution in [0.5, 0.6) is 0 Å². The molecule has 1 heterocycles. The van der Waals surface area contributed by atoms with Crippen LogP contribution in [-0.2, 0) is 0 Å². The number of halogens is 1. The van der Waals surface area contributed by atoms with E-state index < -0.39 is 6.10 Å². The van der Waals surface area contributed by atoms with Gasteiger partial charge in [0.25, 0.3) is 0 Å². The molecule has 5 heteroatoms. The molecule has 3 fully saturated rings. The molecule has 158 valence electrons. The Morgan fingerprint density at radius 1 is 1.17 bits per heavy atom. The highest BCUT2D eigenvalue weighted by Gasteiger charge is 2.63. The average Bonchev–Trinajstić information content (AvgIpc) is 3.02. The van der Waals surface area contributed by atoms with Crippen LogP contribution >= 0.6 is 11.6 Å². The first-order valence-corrected chi connectivity index (χ1v) is 11.5. The maximum absolute atomic E-state index is 11.3. The summed E-state index contributed by atoms with van der Waals surface area (Å²) in [5.74, 6) is 1.11. The van der Waals surface area contributed by atoms with Crippen LogP contribution in [-0.4, -0.2) is 39.1 Å². The molecule has 4 aliphatic rings. The van der Waals surface area contributed by atoms with Crippen molar-refractivity contribution in [1.82, 2.24) is 4.98 Å². The summed E-state index contributed by atoms with van der Waals surface area (Å²) in [5, 5.41) is 33.0. The number of fused-ring (bicyclic) bond motifs is 5. The number of aliphatic hydroxyl groups excluding tert-OH is 3. The predicted octanol–water partition coefficient (Wildman–Crippen LogP) is 3.99. The molecule has 3 saturated carbocycles. The Bertz CT molecular complexity index is 814. The molecule has 3 N–H and O–H groups in total. The first kappa shape index (κ1) is 20.0. The van der Waals surface area contributed by atoms with E-state index in [2.05, 4.69) is 11.9 Å². The molecule has 5 rings (SSSR count). The summed E-state index contributed by atoms with van der Waals surface area (Å²) in [6.45, 7) is 2.46. The maximum Gasteiger partial charge on any atom is 0.0577 e. The molecule has 0 spiro atoms. The zero-order valence-electron chi connectivity index (χ0n) is 17.1. The number of pyridine rings is 1. The minimum Gasteiger partial charge on any atom is -0.395 e. The molecular weight excluding hydrogens is 386 g/mol. The predicted molar refractivity (Wildman–Crippen MR) is 113 cm³/mol. The highest BCUT2D eigenvalue weighted by Crippen LogP contribution is 2.68. The van der Waals surface area contributed by atoms with Crippen LogP contribution in [0.2, 0.25) is 0 Å². The van der Waals surface area contributed by atoms with Gasteiger partial charge in [-0.25, -0.2) is 0 Å². The highest BCUT2D eigenvalue weighted by atomic mass is 35.5. The Morgan fingerprint density at radius 3 is 2.72 bits per heavy atom. The van der Waals surface area contributed by atoms with Gasteiger partial charge in [0, 0.05) is 22.8 Å². The van der Waals surface area contributed by atoms with E-state index in [9.17, 15) is 15.3 Å². The van der Waals surface area contributed by atoms with Crippen molar-refractivity contribution in [2.24, 2.45) is 34.5 Å². The minimum atomic E-state index is -0.391. The lowest BCUT2D eigenvalue weighted by molar-refractivity contribution is -0.169. The molecule has 0 aromatic carbocycles. The van der Waals surface area contributed by atoms with E-state index >= 15 is 0 Å². The number of hydrogen-bond donors (Lipinski definition) is 3. The van der Waals surface area contributed by atoms with Crippen molar-refractivity contribution >= 4 is 17.2 Å². The fourth-order valence-corrected chi connectivity index (χ4v) is 8.35. The molecular formula is C24H32ClNO3. The van der Waals surface area contributed by atoms with Gasteiger partial charge in [-0.15, -0.1) is 0 Å². The number of nitrogens with zero attached hydrogens (tertiary/aromatic N) is 1. The van der Waals surface area contributed by atoms with E-state index in [4.69, 9.17) is 11.6 Å². The largest absolute Gasteiger partial charge is 0.395 e. The third-order valence-corrected chi connectivity index (χ3v) is 9.61. The van der Waals surface area contributed by atoms with Crippen LogP contribution in [0.4, 0.5) is 0 Å². The molecule has 0 amide bonds. The maximum atomic E-state index is 11.3. The van der Waals surface area contributed by atoms with Crippen molar-refractivity contribution in [3.05, 3.63) is 35.1 Å².